The van der Waals surface area contributed by atoms with Gasteiger partial charge in [-0.1, -0.05) is 24.9 Å². The number of carbonyl (C=O) groups excluding carboxylic acids is 4. The van der Waals surface area contributed by atoms with Gasteiger partial charge in [-0.3, -0.25) is 14.4 Å². The van der Waals surface area contributed by atoms with Crippen LogP contribution in [0.25, 0.3) is 0 Å². The van der Waals surface area contributed by atoms with Crippen LogP contribution in [-0.4, -0.2) is 42.9 Å². The van der Waals surface area contributed by atoms with E-state index < -0.39 is 24.0 Å². The van der Waals surface area contributed by atoms with Gasteiger partial charge in [-0.15, -0.1) is 0 Å². The quantitative estimate of drug-likeness (QED) is 0.304. The third kappa shape index (κ3) is 6.20. The number of anilines is 1. The molecule has 0 aliphatic carbocycles. The van der Waals surface area contributed by atoms with Crippen LogP contribution in [0.4, 0.5) is 5.69 Å². The van der Waals surface area contributed by atoms with Crippen molar-refractivity contribution in [2.24, 2.45) is 5.92 Å². The Bertz CT molecular complexity index is 1020. The number of nitrogens with zero attached hydrogens (tertiary/aromatic N) is 1. The summed E-state index contributed by atoms with van der Waals surface area (Å²) in [6.45, 7) is 4.02. The van der Waals surface area contributed by atoms with Gasteiger partial charge in [-0.05, 0) is 61.9 Å². The fourth-order valence-electron chi connectivity index (χ4n) is 3.46. The lowest BCUT2D eigenvalue weighted by Crippen LogP contribution is -2.30. The van der Waals surface area contributed by atoms with E-state index in [1.807, 2.05) is 6.92 Å². The average Bonchev–Trinajstić information content (AvgIpc) is 3.21. The molecule has 1 fully saturated rings. The van der Waals surface area contributed by atoms with Gasteiger partial charge in [0.2, 0.25) is 11.7 Å². The Hall–Kier alpha value is -3.19. The van der Waals surface area contributed by atoms with E-state index in [4.69, 9.17) is 21.1 Å². The summed E-state index contributed by atoms with van der Waals surface area (Å²) in [5.41, 5.74) is 1.36. The molecule has 2 atom stereocenters. The van der Waals surface area contributed by atoms with Crippen LogP contribution in [0.5, 0.6) is 0 Å². The predicted octanol–water partition coefficient (Wildman–Crippen LogP) is 4.46. The van der Waals surface area contributed by atoms with Gasteiger partial charge in [0.15, 0.2) is 6.10 Å². The van der Waals surface area contributed by atoms with Crippen molar-refractivity contribution in [3.05, 3.63) is 64.7 Å². The maximum Gasteiger partial charge on any atom is 0.338 e. The highest BCUT2D eigenvalue weighted by atomic mass is 35.5. The molecule has 0 unspecified atom stereocenters. The van der Waals surface area contributed by atoms with Gasteiger partial charge in [-0.25, -0.2) is 4.79 Å². The molecular formula is C25H26ClNO6. The van der Waals surface area contributed by atoms with E-state index in [1.165, 1.54) is 11.8 Å². The molecule has 1 saturated heterocycles. The van der Waals surface area contributed by atoms with Crippen molar-refractivity contribution >= 4 is 40.9 Å². The fourth-order valence-corrected chi connectivity index (χ4v) is 3.58. The minimum absolute atomic E-state index is 0.0124. The van der Waals surface area contributed by atoms with Crippen LogP contribution < -0.4 is 4.90 Å². The molecule has 8 heteroatoms. The lowest BCUT2D eigenvalue weighted by molar-refractivity contribution is -0.151. The van der Waals surface area contributed by atoms with Gasteiger partial charge in [0, 0.05) is 29.2 Å². The summed E-state index contributed by atoms with van der Waals surface area (Å²) in [5.74, 6) is -2.27. The van der Waals surface area contributed by atoms with Crippen molar-refractivity contribution in [1.29, 1.82) is 0 Å². The van der Waals surface area contributed by atoms with Gasteiger partial charge in [0.05, 0.1) is 18.1 Å². The van der Waals surface area contributed by atoms with Crippen LogP contribution in [0.2, 0.25) is 5.02 Å². The van der Waals surface area contributed by atoms with E-state index in [-0.39, 0.29) is 24.7 Å². The van der Waals surface area contributed by atoms with Crippen molar-refractivity contribution in [3.63, 3.8) is 0 Å². The third-order valence-corrected chi connectivity index (χ3v) is 5.65. The molecule has 0 aromatic heterocycles. The van der Waals surface area contributed by atoms with E-state index in [0.29, 0.717) is 28.4 Å². The maximum atomic E-state index is 12.6. The van der Waals surface area contributed by atoms with Gasteiger partial charge < -0.3 is 14.4 Å². The van der Waals surface area contributed by atoms with Crippen molar-refractivity contribution in [2.45, 2.75) is 39.2 Å². The van der Waals surface area contributed by atoms with Gasteiger partial charge in [0.25, 0.3) is 0 Å². The summed E-state index contributed by atoms with van der Waals surface area (Å²) in [6.07, 6.45) is 0.733. The zero-order chi connectivity index (χ0) is 24.0. The third-order valence-electron chi connectivity index (χ3n) is 5.39. The van der Waals surface area contributed by atoms with Gasteiger partial charge in [-0.2, -0.15) is 0 Å². The average molecular weight is 472 g/mol. The number of benzene rings is 2. The summed E-state index contributed by atoms with van der Waals surface area (Å²) in [5, 5.41) is 0.502. The summed E-state index contributed by atoms with van der Waals surface area (Å²) in [4.78, 5) is 51.1. The Kier molecular flexibility index (Phi) is 8.22. The molecule has 33 heavy (non-hydrogen) atoms. The highest BCUT2D eigenvalue weighted by molar-refractivity contribution is 6.30. The zero-order valence-electron chi connectivity index (χ0n) is 18.6. The van der Waals surface area contributed by atoms with E-state index >= 15 is 0 Å². The van der Waals surface area contributed by atoms with Crippen LogP contribution in [0, 0.1) is 5.92 Å². The first kappa shape index (κ1) is 24.5. The van der Waals surface area contributed by atoms with Crippen LogP contribution in [0.15, 0.2) is 48.5 Å². The number of halogens is 1. The molecule has 0 N–H and O–H groups in total. The molecule has 1 heterocycles. The number of esters is 2. The Morgan fingerprint density at radius 1 is 1.06 bits per heavy atom. The normalized spacial score (nSPS) is 16.4. The van der Waals surface area contributed by atoms with E-state index in [1.54, 1.807) is 48.5 Å². The molecule has 174 valence electrons. The minimum Gasteiger partial charge on any atom is -0.462 e. The Labute approximate surface area is 197 Å². The monoisotopic (exact) mass is 471 g/mol. The number of amides is 1. The van der Waals surface area contributed by atoms with Gasteiger partial charge >= 0.3 is 11.9 Å². The lowest BCUT2D eigenvalue weighted by atomic mass is 10.1. The number of rotatable bonds is 9. The van der Waals surface area contributed by atoms with Crippen molar-refractivity contribution in [3.8, 4) is 0 Å². The molecule has 7 nitrogen and oxygen atoms in total. The lowest BCUT2D eigenvalue weighted by Gasteiger charge is -2.18. The van der Waals surface area contributed by atoms with Crippen LogP contribution in [0.3, 0.4) is 0 Å². The standard InChI is InChI=1S/C25H26ClNO6/c1-3-4-13-32-24(30)18-7-11-21(12-8-18)27-15-19(14-22(27)28)25(31)33-16(2)23(29)17-5-9-20(26)10-6-17/h5-12,16,19H,3-4,13-15H2,1-2H3/t16-,19-/m0/s1. The molecule has 1 aliphatic rings. The van der Waals surface area contributed by atoms with Crippen molar-refractivity contribution in [1.82, 2.24) is 0 Å². The highest BCUT2D eigenvalue weighted by Gasteiger charge is 2.37. The summed E-state index contributed by atoms with van der Waals surface area (Å²) >= 11 is 5.84. The second-order valence-corrected chi connectivity index (χ2v) is 8.33. The number of carbonyl (C=O) groups is 4. The van der Waals surface area contributed by atoms with Crippen LogP contribution in [-0.2, 0) is 19.1 Å². The zero-order valence-corrected chi connectivity index (χ0v) is 19.3. The summed E-state index contributed by atoms with van der Waals surface area (Å²) in [6, 6.07) is 12.8. The Balaban J connectivity index is 1.57. The van der Waals surface area contributed by atoms with Crippen LogP contribution >= 0.6 is 11.6 Å². The molecule has 0 radical (unpaired) electrons. The highest BCUT2D eigenvalue weighted by Crippen LogP contribution is 2.27. The number of hydrogen-bond acceptors (Lipinski definition) is 6. The molecular weight excluding hydrogens is 446 g/mol. The maximum absolute atomic E-state index is 12.6. The number of unbranched alkanes of at least 4 members (excludes halogenated alkanes) is 1. The number of Topliss-reactive ketones (excluding diaryl/α,β-unsaturated/α-hetero) is 1. The summed E-state index contributed by atoms with van der Waals surface area (Å²) < 4.78 is 10.5. The van der Waals surface area contributed by atoms with Crippen molar-refractivity contribution in [2.75, 3.05) is 18.1 Å². The van der Waals surface area contributed by atoms with E-state index in [2.05, 4.69) is 0 Å². The van der Waals surface area contributed by atoms with Crippen molar-refractivity contribution < 1.29 is 28.7 Å². The summed E-state index contributed by atoms with van der Waals surface area (Å²) in [7, 11) is 0. The van der Waals surface area contributed by atoms with E-state index in [0.717, 1.165) is 12.8 Å². The first-order valence-electron chi connectivity index (χ1n) is 10.9. The first-order chi connectivity index (χ1) is 15.8. The molecule has 3 rings (SSSR count). The van der Waals surface area contributed by atoms with Crippen LogP contribution in [0.1, 0.15) is 53.8 Å². The Morgan fingerprint density at radius 2 is 1.70 bits per heavy atom. The minimum atomic E-state index is -0.985. The molecule has 2 aromatic rings. The molecule has 1 amide bonds. The largest absolute Gasteiger partial charge is 0.462 e. The molecule has 2 aromatic carbocycles. The second kappa shape index (κ2) is 11.1. The predicted molar refractivity (Wildman–Crippen MR) is 123 cm³/mol. The smallest absolute Gasteiger partial charge is 0.338 e. The molecule has 0 spiro atoms. The molecule has 1 aliphatic heterocycles. The topological polar surface area (TPSA) is 90.0 Å². The molecule has 0 bridgehead atoms. The van der Waals surface area contributed by atoms with E-state index in [9.17, 15) is 19.2 Å². The SMILES string of the molecule is CCCCOC(=O)c1ccc(N2C[C@@H](C(=O)O[C@@H](C)C(=O)c3ccc(Cl)cc3)CC2=O)cc1. The second-order valence-electron chi connectivity index (χ2n) is 7.89. The number of ketones is 1. The molecule has 0 saturated carbocycles. The fraction of sp³-hybridized carbons (Fsp3) is 0.360. The first-order valence-corrected chi connectivity index (χ1v) is 11.3. The number of ether oxygens (including phenoxy) is 2. The number of hydrogen-bond donors (Lipinski definition) is 0. The Morgan fingerprint density at radius 3 is 2.33 bits per heavy atom. The van der Waals surface area contributed by atoms with Gasteiger partial charge in [0.1, 0.15) is 0 Å².